The van der Waals surface area contributed by atoms with E-state index in [4.69, 9.17) is 0 Å². The number of carbonyl (C=O) groups is 1. The molecule has 0 radical (unpaired) electrons. The van der Waals surface area contributed by atoms with Crippen LogP contribution in [0.2, 0.25) is 0 Å². The minimum absolute atomic E-state index is 0. The number of aryl methyl sites for hydroxylation is 2. The first-order chi connectivity index (χ1) is 11.6. The minimum Gasteiger partial charge on any atom is -0.313 e. The summed E-state index contributed by atoms with van der Waals surface area (Å²) in [4.78, 5) is 19.5. The quantitative estimate of drug-likeness (QED) is 0.650. The molecule has 0 saturated heterocycles. The maximum Gasteiger partial charge on any atom is 0.182 e. The molecule has 1 aliphatic heterocycles. The molecule has 2 aromatic carbocycles. The van der Waals surface area contributed by atoms with Crippen molar-refractivity contribution in [2.24, 2.45) is 4.99 Å². The molecule has 3 nitrogen and oxygen atoms in total. The molecule has 1 heterocycles. The van der Waals surface area contributed by atoms with Gasteiger partial charge in [-0.25, -0.2) is 0 Å². The zero-order valence-electron chi connectivity index (χ0n) is 14.6. The Balaban J connectivity index is 0.00000225. The van der Waals surface area contributed by atoms with Crippen LogP contribution in [-0.4, -0.2) is 29.8 Å². The van der Waals surface area contributed by atoms with Crippen LogP contribution in [0.1, 0.15) is 27.9 Å². The van der Waals surface area contributed by atoms with Crippen molar-refractivity contribution < 1.29 is 4.79 Å². The average molecular weight is 419 g/mol. The van der Waals surface area contributed by atoms with Gasteiger partial charge in [0, 0.05) is 23.5 Å². The summed E-state index contributed by atoms with van der Waals surface area (Å²) in [7, 11) is 0. The monoisotopic (exact) mass is 418 g/mol. The van der Waals surface area contributed by atoms with E-state index in [0.29, 0.717) is 6.54 Å². The van der Waals surface area contributed by atoms with Gasteiger partial charge >= 0.3 is 0 Å². The second kappa shape index (κ2) is 9.20. The number of amidine groups is 1. The highest BCUT2D eigenvalue weighted by Gasteiger charge is 2.21. The number of hydrogen-bond donors (Lipinski definition) is 0. The normalized spacial score (nSPS) is 13.6. The van der Waals surface area contributed by atoms with Crippen LogP contribution in [0.25, 0.3) is 0 Å². The van der Waals surface area contributed by atoms with Gasteiger partial charge in [-0.3, -0.25) is 9.79 Å². The van der Waals surface area contributed by atoms with Gasteiger partial charge in [0.2, 0.25) is 0 Å². The van der Waals surface area contributed by atoms with Gasteiger partial charge in [-0.05, 0) is 37.5 Å². The zero-order chi connectivity index (χ0) is 16.9. The molecule has 0 N–H and O–H groups in total. The number of Topliss-reactive ketones (excluding diaryl/α,β-unsaturated/α-hetero) is 1. The van der Waals surface area contributed by atoms with Crippen LogP contribution < -0.4 is 4.90 Å². The van der Waals surface area contributed by atoms with E-state index in [-0.39, 0.29) is 22.8 Å². The molecule has 0 bridgehead atoms. The Morgan fingerprint density at radius 1 is 1.16 bits per heavy atom. The molecule has 25 heavy (non-hydrogen) atoms. The maximum absolute atomic E-state index is 12.8. The first-order valence-electron chi connectivity index (χ1n) is 8.25. The Kier molecular flexibility index (Phi) is 7.26. The van der Waals surface area contributed by atoms with Gasteiger partial charge < -0.3 is 4.90 Å². The van der Waals surface area contributed by atoms with Crippen molar-refractivity contribution in [2.75, 3.05) is 23.7 Å². The molecule has 0 amide bonds. The van der Waals surface area contributed by atoms with Gasteiger partial charge in [0.15, 0.2) is 11.0 Å². The Bertz CT molecular complexity index is 762. The van der Waals surface area contributed by atoms with E-state index < -0.39 is 0 Å². The smallest absolute Gasteiger partial charge is 0.182 e. The number of benzene rings is 2. The molecule has 0 unspecified atom stereocenters. The summed E-state index contributed by atoms with van der Waals surface area (Å²) in [5, 5.41) is 0.958. The zero-order valence-corrected chi connectivity index (χ0v) is 17.1. The number of ketones is 1. The van der Waals surface area contributed by atoms with Crippen molar-refractivity contribution in [3.05, 3.63) is 65.2 Å². The molecule has 132 valence electrons. The van der Waals surface area contributed by atoms with E-state index in [2.05, 4.69) is 41.9 Å². The van der Waals surface area contributed by atoms with Crippen molar-refractivity contribution >= 4 is 45.4 Å². The molecular weight excluding hydrogens is 396 g/mol. The van der Waals surface area contributed by atoms with E-state index in [1.807, 2.05) is 30.3 Å². The lowest BCUT2D eigenvalue weighted by molar-refractivity contribution is 0.100. The average Bonchev–Trinajstić information content (AvgIpc) is 2.63. The summed E-state index contributed by atoms with van der Waals surface area (Å²) in [5.74, 6) is 1.17. The van der Waals surface area contributed by atoms with Gasteiger partial charge in [0.25, 0.3) is 0 Å². The van der Waals surface area contributed by atoms with Crippen molar-refractivity contribution in [3.8, 4) is 0 Å². The van der Waals surface area contributed by atoms with Crippen molar-refractivity contribution in [2.45, 2.75) is 20.3 Å². The fourth-order valence-electron chi connectivity index (χ4n) is 2.74. The van der Waals surface area contributed by atoms with Crippen LogP contribution in [-0.2, 0) is 0 Å². The summed E-state index contributed by atoms with van der Waals surface area (Å²) in [6.07, 6.45) is 1.10. The summed E-state index contributed by atoms with van der Waals surface area (Å²) in [6, 6.07) is 15.8. The predicted octanol–water partition coefficient (Wildman–Crippen LogP) is 5.06. The number of hydrogen-bond acceptors (Lipinski definition) is 4. The summed E-state index contributed by atoms with van der Waals surface area (Å²) in [6.45, 7) is 5.32. The number of carbonyl (C=O) groups excluding carboxylic acids is 1. The molecule has 0 spiro atoms. The van der Waals surface area contributed by atoms with Gasteiger partial charge in [-0.15, -0.1) is 17.0 Å². The number of anilines is 1. The molecule has 0 saturated carbocycles. The molecule has 5 heteroatoms. The van der Waals surface area contributed by atoms with Crippen LogP contribution in [0, 0.1) is 13.8 Å². The minimum atomic E-state index is 0. The van der Waals surface area contributed by atoms with E-state index in [9.17, 15) is 4.79 Å². The third-order valence-corrected chi connectivity index (χ3v) is 5.16. The fraction of sp³-hybridized carbons (Fsp3) is 0.300. The third kappa shape index (κ3) is 4.95. The largest absolute Gasteiger partial charge is 0.313 e. The lowest BCUT2D eigenvalue weighted by Gasteiger charge is -2.28. The van der Waals surface area contributed by atoms with Crippen molar-refractivity contribution in [1.82, 2.24) is 0 Å². The number of halogens is 1. The lowest BCUT2D eigenvalue weighted by atomic mass is 10.1. The lowest BCUT2D eigenvalue weighted by Crippen LogP contribution is -2.36. The predicted molar refractivity (Wildman–Crippen MR) is 114 cm³/mol. The van der Waals surface area contributed by atoms with Gasteiger partial charge in [-0.1, -0.05) is 54.2 Å². The fourth-order valence-corrected chi connectivity index (χ4v) is 3.69. The van der Waals surface area contributed by atoms with Crippen LogP contribution in [0.15, 0.2) is 53.5 Å². The van der Waals surface area contributed by atoms with Gasteiger partial charge in [-0.2, -0.15) is 0 Å². The summed E-state index contributed by atoms with van der Waals surface area (Å²) >= 11 is 1.74. The van der Waals surface area contributed by atoms with E-state index >= 15 is 0 Å². The number of rotatable bonds is 4. The maximum atomic E-state index is 12.8. The Morgan fingerprint density at radius 2 is 1.92 bits per heavy atom. The van der Waals surface area contributed by atoms with Crippen LogP contribution in [0.5, 0.6) is 0 Å². The Labute approximate surface area is 164 Å². The van der Waals surface area contributed by atoms with Crippen molar-refractivity contribution in [3.63, 3.8) is 0 Å². The topological polar surface area (TPSA) is 32.7 Å². The molecule has 2 aromatic rings. The molecule has 0 aliphatic carbocycles. The summed E-state index contributed by atoms with van der Waals surface area (Å²) < 4.78 is 0. The Hall–Kier alpha value is -1.59. The molecular formula is C20H23BrN2OS. The number of nitrogens with zero attached hydrogens (tertiary/aromatic N) is 2. The van der Waals surface area contributed by atoms with Crippen LogP contribution in [0.3, 0.4) is 0 Å². The molecule has 1 aliphatic rings. The highest BCUT2D eigenvalue weighted by atomic mass is 79.9. The van der Waals surface area contributed by atoms with E-state index in [1.165, 1.54) is 5.56 Å². The highest BCUT2D eigenvalue weighted by Crippen LogP contribution is 2.27. The number of thioether (sulfide) groups is 1. The first kappa shape index (κ1) is 19.7. The molecule has 3 rings (SSSR count). The Morgan fingerprint density at radius 3 is 2.60 bits per heavy atom. The van der Waals surface area contributed by atoms with Gasteiger partial charge in [0.1, 0.15) is 0 Å². The van der Waals surface area contributed by atoms with Crippen molar-refractivity contribution in [1.29, 1.82) is 0 Å². The second-order valence-electron chi connectivity index (χ2n) is 6.03. The standard InChI is InChI=1S/C20H22N2OS.BrH/c1-15-9-10-16(2)18(13-15)22(20-21-11-6-12-24-20)14-19(23)17-7-4-3-5-8-17;/h3-5,7-10,13H,6,11-12,14H2,1-2H3;1H. The summed E-state index contributed by atoms with van der Waals surface area (Å²) in [5.41, 5.74) is 4.17. The van der Waals surface area contributed by atoms with E-state index in [1.54, 1.807) is 11.8 Å². The number of aliphatic imine (C=N–C) groups is 1. The molecule has 0 atom stereocenters. The molecule has 0 aromatic heterocycles. The van der Waals surface area contributed by atoms with Gasteiger partial charge in [0.05, 0.1) is 6.54 Å². The van der Waals surface area contributed by atoms with Crippen LogP contribution >= 0.6 is 28.7 Å². The molecule has 0 fully saturated rings. The highest BCUT2D eigenvalue weighted by molar-refractivity contribution is 8.93. The third-order valence-electron chi connectivity index (χ3n) is 4.06. The van der Waals surface area contributed by atoms with E-state index in [0.717, 1.165) is 40.7 Å². The second-order valence-corrected chi connectivity index (χ2v) is 7.09. The van der Waals surface area contributed by atoms with Crippen LogP contribution in [0.4, 0.5) is 5.69 Å². The SMILES string of the molecule is Br.Cc1ccc(C)c(N(CC(=O)c2ccccc2)C2=NCCCS2)c1. The first-order valence-corrected chi connectivity index (χ1v) is 9.24.